The minimum absolute atomic E-state index is 0.381. The molecule has 7 aromatic carbocycles. The first kappa shape index (κ1) is 28.2. The van der Waals surface area contributed by atoms with E-state index < -0.39 is 0 Å². The third-order valence-electron chi connectivity index (χ3n) is 8.59. The van der Waals surface area contributed by atoms with Crippen molar-refractivity contribution in [2.45, 2.75) is 6.54 Å². The number of nitrogens with zero attached hydrogens (tertiary/aromatic N) is 2. The molecule has 0 saturated carbocycles. The van der Waals surface area contributed by atoms with Crippen molar-refractivity contribution in [1.82, 2.24) is 0 Å². The summed E-state index contributed by atoms with van der Waals surface area (Å²) >= 11 is 0. The average molecular weight is 606 g/mol. The second-order valence-corrected chi connectivity index (χ2v) is 11.6. The van der Waals surface area contributed by atoms with Gasteiger partial charge in [-0.3, -0.25) is 4.99 Å². The number of rotatable bonds is 6. The van der Waals surface area contributed by atoms with Gasteiger partial charge in [0.15, 0.2) is 5.84 Å². The first-order valence-corrected chi connectivity index (χ1v) is 15.7. The minimum atomic E-state index is 0.381. The first-order valence-electron chi connectivity index (χ1n) is 15.7. The molecule has 0 amide bonds. The van der Waals surface area contributed by atoms with Crippen LogP contribution in [0.25, 0.3) is 55.0 Å². The molecule has 0 spiro atoms. The standard InChI is InChI=1S/C43H31N3O/c44-42(46-43(33-14-5-2-6-15-33)45-28-29-11-3-1-4-12-29)41-36(25-26-39-40(41)37-17-9-10-18-38(37)47-39)32-22-19-31(20-23-32)35-24-21-30-13-7-8-16-34(30)27-35/h1-27H,28H2,(H2,44,45,46). The fourth-order valence-corrected chi connectivity index (χ4v) is 6.23. The van der Waals surface area contributed by atoms with E-state index in [1.165, 1.54) is 16.3 Å². The molecule has 1 heterocycles. The number of aliphatic imine (C=N–C) groups is 2. The van der Waals surface area contributed by atoms with Gasteiger partial charge in [-0.2, -0.15) is 0 Å². The summed E-state index contributed by atoms with van der Waals surface area (Å²) in [7, 11) is 0. The summed E-state index contributed by atoms with van der Waals surface area (Å²) in [6.07, 6.45) is 0. The molecule has 8 aromatic rings. The molecule has 0 saturated heterocycles. The van der Waals surface area contributed by atoms with Crippen LogP contribution in [-0.4, -0.2) is 11.7 Å². The van der Waals surface area contributed by atoms with E-state index in [-0.39, 0.29) is 0 Å². The van der Waals surface area contributed by atoms with Gasteiger partial charge >= 0.3 is 0 Å². The van der Waals surface area contributed by atoms with Crippen molar-refractivity contribution in [2.75, 3.05) is 0 Å². The Bertz CT molecular complexity index is 2420. The molecule has 0 radical (unpaired) electrons. The molecule has 0 unspecified atom stereocenters. The second-order valence-electron chi connectivity index (χ2n) is 11.6. The molecule has 0 aliphatic carbocycles. The van der Waals surface area contributed by atoms with Gasteiger partial charge in [0.2, 0.25) is 0 Å². The van der Waals surface area contributed by atoms with Crippen molar-refractivity contribution in [3.05, 3.63) is 180 Å². The van der Waals surface area contributed by atoms with Crippen LogP contribution in [0.1, 0.15) is 16.7 Å². The Morgan fingerprint density at radius 2 is 1.21 bits per heavy atom. The van der Waals surface area contributed by atoms with E-state index in [0.717, 1.165) is 55.3 Å². The SMILES string of the molecule is NC(=NC(=NCc1ccccc1)c1ccccc1)c1c(-c2ccc(-c3ccc4ccccc4c3)cc2)ccc2oc3ccccc3c12. The van der Waals surface area contributed by atoms with E-state index in [2.05, 4.69) is 91.0 Å². The second kappa shape index (κ2) is 12.3. The van der Waals surface area contributed by atoms with Crippen molar-refractivity contribution in [3.8, 4) is 22.3 Å². The molecule has 0 atom stereocenters. The van der Waals surface area contributed by atoms with Crippen molar-refractivity contribution >= 4 is 44.4 Å². The summed E-state index contributed by atoms with van der Waals surface area (Å²) in [6, 6.07) is 56.1. The lowest BCUT2D eigenvalue weighted by molar-refractivity contribution is 0.669. The summed E-state index contributed by atoms with van der Waals surface area (Å²) in [6.45, 7) is 0.490. The minimum Gasteiger partial charge on any atom is -0.456 e. The molecule has 0 aliphatic rings. The zero-order chi connectivity index (χ0) is 31.6. The Hall–Kier alpha value is -6.26. The summed E-state index contributed by atoms with van der Waals surface area (Å²) in [5.41, 5.74) is 15.8. The van der Waals surface area contributed by atoms with Gasteiger partial charge in [-0.1, -0.05) is 140 Å². The molecule has 4 heteroatoms. The van der Waals surface area contributed by atoms with Crippen molar-refractivity contribution < 1.29 is 4.42 Å². The predicted octanol–water partition coefficient (Wildman–Crippen LogP) is 10.4. The fourth-order valence-electron chi connectivity index (χ4n) is 6.23. The van der Waals surface area contributed by atoms with Crippen LogP contribution in [0.3, 0.4) is 0 Å². The van der Waals surface area contributed by atoms with E-state index in [1.807, 2.05) is 72.8 Å². The van der Waals surface area contributed by atoms with Gasteiger partial charge in [-0.15, -0.1) is 0 Å². The van der Waals surface area contributed by atoms with Crippen molar-refractivity contribution in [3.63, 3.8) is 0 Å². The zero-order valence-corrected chi connectivity index (χ0v) is 25.7. The van der Waals surface area contributed by atoms with Gasteiger partial charge in [0.05, 0.1) is 6.54 Å². The van der Waals surface area contributed by atoms with Gasteiger partial charge in [0.25, 0.3) is 0 Å². The fraction of sp³-hybridized carbons (Fsp3) is 0.0233. The predicted molar refractivity (Wildman–Crippen MR) is 196 cm³/mol. The number of amidine groups is 2. The van der Waals surface area contributed by atoms with Crippen LogP contribution in [0.4, 0.5) is 0 Å². The van der Waals surface area contributed by atoms with Crippen molar-refractivity contribution in [2.24, 2.45) is 15.7 Å². The quantitative estimate of drug-likeness (QED) is 0.151. The monoisotopic (exact) mass is 605 g/mol. The summed E-state index contributed by atoms with van der Waals surface area (Å²) in [4.78, 5) is 10.0. The van der Waals surface area contributed by atoms with Crippen molar-refractivity contribution in [1.29, 1.82) is 0 Å². The van der Waals surface area contributed by atoms with Crippen LogP contribution in [0, 0.1) is 0 Å². The van der Waals surface area contributed by atoms with Crippen LogP contribution in [0.15, 0.2) is 178 Å². The maximum absolute atomic E-state index is 7.06. The third-order valence-corrected chi connectivity index (χ3v) is 8.59. The lowest BCUT2D eigenvalue weighted by Gasteiger charge is -2.13. The Labute approximate surface area is 273 Å². The van der Waals surface area contributed by atoms with E-state index >= 15 is 0 Å². The maximum atomic E-state index is 7.06. The summed E-state index contributed by atoms with van der Waals surface area (Å²) in [5.74, 6) is 0.959. The molecule has 224 valence electrons. The number of benzene rings is 7. The van der Waals surface area contributed by atoms with Gasteiger partial charge in [0.1, 0.15) is 17.0 Å². The third kappa shape index (κ3) is 5.58. The maximum Gasteiger partial charge on any atom is 0.157 e. The number of hydrogen-bond donors (Lipinski definition) is 1. The number of hydrogen-bond acceptors (Lipinski definition) is 2. The largest absolute Gasteiger partial charge is 0.456 e. The number of nitrogens with two attached hydrogens (primary N) is 1. The Balaban J connectivity index is 1.27. The molecule has 0 aliphatic heterocycles. The van der Waals surface area contributed by atoms with Gasteiger partial charge in [-0.05, 0) is 62.9 Å². The highest BCUT2D eigenvalue weighted by Gasteiger charge is 2.19. The van der Waals surface area contributed by atoms with Gasteiger partial charge in [0, 0.05) is 21.9 Å². The van der Waals surface area contributed by atoms with Crippen LogP contribution in [0.2, 0.25) is 0 Å². The van der Waals surface area contributed by atoms with E-state index in [0.29, 0.717) is 18.2 Å². The highest BCUT2D eigenvalue weighted by Crippen LogP contribution is 2.37. The molecular formula is C43H31N3O. The highest BCUT2D eigenvalue weighted by molar-refractivity contribution is 6.23. The topological polar surface area (TPSA) is 63.9 Å². The molecule has 0 fully saturated rings. The number of para-hydroxylation sites is 1. The van der Waals surface area contributed by atoms with Crippen LogP contribution in [-0.2, 0) is 6.54 Å². The molecule has 2 N–H and O–H groups in total. The first-order chi connectivity index (χ1) is 23.2. The van der Waals surface area contributed by atoms with E-state index in [9.17, 15) is 0 Å². The normalized spacial score (nSPS) is 12.3. The van der Waals surface area contributed by atoms with Gasteiger partial charge in [-0.25, -0.2) is 4.99 Å². The molecular weight excluding hydrogens is 574 g/mol. The summed E-state index contributed by atoms with van der Waals surface area (Å²) < 4.78 is 6.30. The van der Waals surface area contributed by atoms with Crippen LogP contribution in [0.5, 0.6) is 0 Å². The highest BCUT2D eigenvalue weighted by atomic mass is 16.3. The molecule has 47 heavy (non-hydrogen) atoms. The summed E-state index contributed by atoms with van der Waals surface area (Å²) in [5, 5.41) is 4.39. The lowest BCUT2D eigenvalue weighted by Crippen LogP contribution is -2.18. The van der Waals surface area contributed by atoms with Gasteiger partial charge < -0.3 is 10.2 Å². The molecule has 4 nitrogen and oxygen atoms in total. The smallest absolute Gasteiger partial charge is 0.157 e. The van der Waals surface area contributed by atoms with Crippen LogP contribution >= 0.6 is 0 Å². The van der Waals surface area contributed by atoms with E-state index in [4.69, 9.17) is 20.1 Å². The molecule has 0 bridgehead atoms. The van der Waals surface area contributed by atoms with E-state index in [1.54, 1.807) is 0 Å². The lowest BCUT2D eigenvalue weighted by atomic mass is 9.93. The Kier molecular flexibility index (Phi) is 7.37. The molecule has 1 aromatic heterocycles. The zero-order valence-electron chi connectivity index (χ0n) is 25.7. The Morgan fingerprint density at radius 1 is 0.553 bits per heavy atom. The Morgan fingerprint density at radius 3 is 2.02 bits per heavy atom. The number of furan rings is 1. The average Bonchev–Trinajstić information content (AvgIpc) is 3.52. The number of fused-ring (bicyclic) bond motifs is 4. The van der Waals surface area contributed by atoms with Crippen LogP contribution < -0.4 is 5.73 Å². The molecule has 8 rings (SSSR count).